The highest BCUT2D eigenvalue weighted by Gasteiger charge is 2.23. The lowest BCUT2D eigenvalue weighted by Gasteiger charge is -2.37. The number of amides is 3. The number of rotatable bonds is 6. The van der Waals surface area contributed by atoms with E-state index in [2.05, 4.69) is 34.4 Å². The van der Waals surface area contributed by atoms with E-state index in [1.54, 1.807) is 48.7 Å². The van der Waals surface area contributed by atoms with E-state index in [0.717, 1.165) is 13.1 Å². The number of carbonyl (C=O) groups excluding carboxylic acids is 2. The van der Waals surface area contributed by atoms with Gasteiger partial charge in [0.2, 0.25) is 0 Å². The summed E-state index contributed by atoms with van der Waals surface area (Å²) in [5.41, 5.74) is 2.40. The molecule has 0 bridgehead atoms. The zero-order chi connectivity index (χ0) is 25.7. The van der Waals surface area contributed by atoms with Crippen molar-refractivity contribution in [1.29, 1.82) is 0 Å². The Kier molecular flexibility index (Phi) is 7.80. The predicted molar refractivity (Wildman–Crippen MR) is 138 cm³/mol. The monoisotopic (exact) mass is 491 g/mol. The van der Waals surface area contributed by atoms with Gasteiger partial charge < -0.3 is 15.0 Å². The van der Waals surface area contributed by atoms with Crippen molar-refractivity contribution in [3.05, 3.63) is 72.2 Å². The lowest BCUT2D eigenvalue weighted by molar-refractivity contribution is 0.0595. The molecule has 2 N–H and O–H groups in total. The Morgan fingerprint density at radius 1 is 1.00 bits per heavy atom. The van der Waals surface area contributed by atoms with E-state index in [9.17, 15) is 14.0 Å². The number of nitrogens with one attached hydrogen (secondary N) is 2. The Morgan fingerprint density at radius 2 is 1.78 bits per heavy atom. The first kappa shape index (κ1) is 25.1. The first-order valence-corrected chi connectivity index (χ1v) is 11.9. The van der Waals surface area contributed by atoms with Crippen LogP contribution in [0.3, 0.4) is 0 Å². The van der Waals surface area contributed by atoms with E-state index in [0.29, 0.717) is 53.1 Å². The SMILES string of the molecule is COc1cc(F)ccc1-c1ccnc(NC(=O)Nc2cccc(C(=O)N3CCN(C(C)C)CC3)c2)c1. The van der Waals surface area contributed by atoms with Gasteiger partial charge in [-0.05, 0) is 61.9 Å². The number of ether oxygens (including phenoxy) is 1. The van der Waals surface area contributed by atoms with E-state index in [1.165, 1.54) is 19.2 Å². The number of piperazine rings is 1. The lowest BCUT2D eigenvalue weighted by Crippen LogP contribution is -2.50. The van der Waals surface area contributed by atoms with Crippen LogP contribution in [0.15, 0.2) is 60.8 Å². The van der Waals surface area contributed by atoms with Crippen molar-refractivity contribution >= 4 is 23.4 Å². The van der Waals surface area contributed by atoms with E-state index in [4.69, 9.17) is 4.74 Å². The quantitative estimate of drug-likeness (QED) is 0.522. The van der Waals surface area contributed by atoms with Crippen LogP contribution in [-0.4, -0.2) is 66.1 Å². The van der Waals surface area contributed by atoms with Gasteiger partial charge >= 0.3 is 6.03 Å². The third kappa shape index (κ3) is 5.98. The molecule has 1 saturated heterocycles. The fourth-order valence-corrected chi connectivity index (χ4v) is 4.20. The number of hydrogen-bond acceptors (Lipinski definition) is 5. The van der Waals surface area contributed by atoms with E-state index in [1.807, 2.05) is 4.90 Å². The van der Waals surface area contributed by atoms with Gasteiger partial charge in [-0.3, -0.25) is 15.0 Å². The second-order valence-electron chi connectivity index (χ2n) is 8.86. The van der Waals surface area contributed by atoms with Gasteiger partial charge in [0.25, 0.3) is 5.91 Å². The molecule has 0 spiro atoms. The van der Waals surface area contributed by atoms with E-state index in [-0.39, 0.29) is 5.91 Å². The molecule has 2 heterocycles. The molecule has 2 aromatic carbocycles. The molecule has 36 heavy (non-hydrogen) atoms. The van der Waals surface area contributed by atoms with Gasteiger partial charge in [0.05, 0.1) is 7.11 Å². The number of urea groups is 1. The summed E-state index contributed by atoms with van der Waals surface area (Å²) in [6, 6.07) is 14.5. The molecule has 3 amide bonds. The summed E-state index contributed by atoms with van der Waals surface area (Å²) in [5.74, 6) is 0.237. The van der Waals surface area contributed by atoms with E-state index < -0.39 is 11.8 Å². The third-order valence-electron chi connectivity index (χ3n) is 6.18. The summed E-state index contributed by atoms with van der Waals surface area (Å²) >= 11 is 0. The number of halogens is 1. The lowest BCUT2D eigenvalue weighted by atomic mass is 10.1. The number of benzene rings is 2. The number of anilines is 2. The molecule has 0 unspecified atom stereocenters. The largest absolute Gasteiger partial charge is 0.496 e. The predicted octanol–water partition coefficient (Wildman–Crippen LogP) is 4.71. The molecule has 1 fully saturated rings. The van der Waals surface area contributed by atoms with Crippen molar-refractivity contribution in [3.63, 3.8) is 0 Å². The molecule has 0 aliphatic carbocycles. The second kappa shape index (κ2) is 11.2. The molecule has 1 aliphatic rings. The second-order valence-corrected chi connectivity index (χ2v) is 8.86. The standard InChI is InChI=1S/C27H30FN5O3/c1-18(2)32-11-13-33(14-12-32)26(34)20-5-4-6-22(15-20)30-27(35)31-25-16-19(9-10-29-25)23-8-7-21(28)17-24(23)36-3/h4-10,15-18H,11-14H2,1-3H3,(H2,29,30,31,35). The van der Waals surface area contributed by atoms with Gasteiger partial charge in [-0.1, -0.05) is 6.07 Å². The molecule has 188 valence electrons. The highest BCUT2D eigenvalue weighted by atomic mass is 19.1. The maximum atomic E-state index is 13.6. The zero-order valence-corrected chi connectivity index (χ0v) is 20.6. The molecule has 3 aromatic rings. The Hall–Kier alpha value is -3.98. The van der Waals surface area contributed by atoms with Crippen LogP contribution in [0.2, 0.25) is 0 Å². The summed E-state index contributed by atoms with van der Waals surface area (Å²) in [4.78, 5) is 34.0. The summed E-state index contributed by atoms with van der Waals surface area (Å²) in [5, 5.41) is 5.46. The molecule has 0 saturated carbocycles. The fourth-order valence-electron chi connectivity index (χ4n) is 4.20. The minimum atomic E-state index is -0.499. The average molecular weight is 492 g/mol. The fraction of sp³-hybridized carbons (Fsp3) is 0.296. The van der Waals surface area contributed by atoms with Crippen molar-refractivity contribution in [3.8, 4) is 16.9 Å². The topological polar surface area (TPSA) is 86.8 Å². The van der Waals surface area contributed by atoms with Crippen molar-refractivity contribution in [2.24, 2.45) is 0 Å². The molecule has 1 aliphatic heterocycles. The Labute approximate surface area is 210 Å². The molecular formula is C27H30FN5O3. The van der Waals surface area contributed by atoms with Gasteiger partial charge in [-0.25, -0.2) is 14.2 Å². The summed E-state index contributed by atoms with van der Waals surface area (Å²) in [6.07, 6.45) is 1.55. The van der Waals surface area contributed by atoms with Gasteiger partial charge in [-0.2, -0.15) is 0 Å². The van der Waals surface area contributed by atoms with Crippen LogP contribution in [-0.2, 0) is 0 Å². The van der Waals surface area contributed by atoms with Crippen LogP contribution in [0.4, 0.5) is 20.7 Å². The normalized spacial score (nSPS) is 14.0. The average Bonchev–Trinajstić information content (AvgIpc) is 2.88. The van der Waals surface area contributed by atoms with Gasteiger partial charge in [0.1, 0.15) is 17.4 Å². The van der Waals surface area contributed by atoms with Crippen LogP contribution < -0.4 is 15.4 Å². The summed E-state index contributed by atoms with van der Waals surface area (Å²) in [7, 11) is 1.47. The number of carbonyl (C=O) groups is 2. The van der Waals surface area contributed by atoms with Crippen LogP contribution in [0.5, 0.6) is 5.75 Å². The number of methoxy groups -OCH3 is 1. The highest BCUT2D eigenvalue weighted by molar-refractivity contribution is 6.01. The summed E-state index contributed by atoms with van der Waals surface area (Å²) in [6.45, 7) is 7.36. The molecule has 9 heteroatoms. The molecule has 8 nitrogen and oxygen atoms in total. The minimum Gasteiger partial charge on any atom is -0.496 e. The maximum absolute atomic E-state index is 13.6. The first-order valence-electron chi connectivity index (χ1n) is 11.9. The van der Waals surface area contributed by atoms with Crippen molar-refractivity contribution in [2.75, 3.05) is 43.9 Å². The molecular weight excluding hydrogens is 461 g/mol. The molecule has 0 radical (unpaired) electrons. The third-order valence-corrected chi connectivity index (χ3v) is 6.18. The molecule has 1 aromatic heterocycles. The molecule has 4 rings (SSSR count). The van der Waals surface area contributed by atoms with Gasteiger partial charge in [0.15, 0.2) is 0 Å². The molecule has 0 atom stereocenters. The van der Waals surface area contributed by atoms with Gasteiger partial charge in [-0.15, -0.1) is 0 Å². The van der Waals surface area contributed by atoms with Crippen molar-refractivity contribution < 1.29 is 18.7 Å². The van der Waals surface area contributed by atoms with E-state index >= 15 is 0 Å². The number of nitrogens with zero attached hydrogens (tertiary/aromatic N) is 3. The highest BCUT2D eigenvalue weighted by Crippen LogP contribution is 2.31. The Bertz CT molecular complexity index is 1240. The summed E-state index contributed by atoms with van der Waals surface area (Å²) < 4.78 is 18.8. The maximum Gasteiger partial charge on any atom is 0.324 e. The van der Waals surface area contributed by atoms with Crippen molar-refractivity contribution in [1.82, 2.24) is 14.8 Å². The number of aromatic nitrogens is 1. The Balaban J connectivity index is 1.40. The Morgan fingerprint density at radius 3 is 2.50 bits per heavy atom. The van der Waals surface area contributed by atoms with Crippen LogP contribution in [0.1, 0.15) is 24.2 Å². The first-order chi connectivity index (χ1) is 17.3. The van der Waals surface area contributed by atoms with Crippen LogP contribution >= 0.6 is 0 Å². The number of pyridine rings is 1. The zero-order valence-electron chi connectivity index (χ0n) is 20.6. The smallest absolute Gasteiger partial charge is 0.324 e. The van der Waals surface area contributed by atoms with Crippen LogP contribution in [0.25, 0.3) is 11.1 Å². The minimum absolute atomic E-state index is 0.0509. The number of hydrogen-bond donors (Lipinski definition) is 2. The van der Waals surface area contributed by atoms with Crippen LogP contribution in [0, 0.1) is 5.82 Å². The van der Waals surface area contributed by atoms with Gasteiger partial charge in [0, 0.05) is 61.3 Å². The van der Waals surface area contributed by atoms with Crippen molar-refractivity contribution in [2.45, 2.75) is 19.9 Å².